The lowest BCUT2D eigenvalue weighted by molar-refractivity contribution is -0.118. The summed E-state index contributed by atoms with van der Waals surface area (Å²) in [4.78, 5) is 19.0. The molecule has 2 aliphatic rings. The number of fused-ring (bicyclic) bond motifs is 1. The van der Waals surface area contributed by atoms with Crippen LogP contribution in [0.5, 0.6) is 23.0 Å². The van der Waals surface area contributed by atoms with Crippen molar-refractivity contribution in [2.45, 2.75) is 18.9 Å². The van der Waals surface area contributed by atoms with Gasteiger partial charge in [0.2, 0.25) is 5.91 Å². The van der Waals surface area contributed by atoms with E-state index in [2.05, 4.69) is 9.89 Å². The molecule has 0 spiro atoms. The van der Waals surface area contributed by atoms with Crippen LogP contribution in [0.25, 0.3) is 0 Å². The van der Waals surface area contributed by atoms with Crippen molar-refractivity contribution in [1.82, 2.24) is 4.90 Å². The molecule has 0 aliphatic carbocycles. The van der Waals surface area contributed by atoms with Crippen LogP contribution in [0.4, 0.5) is 0 Å². The average molecular weight is 440 g/mol. The van der Waals surface area contributed by atoms with Crippen LogP contribution in [0.1, 0.15) is 24.5 Å². The minimum Gasteiger partial charge on any atom is -0.497 e. The Balaban J connectivity index is 1.40. The van der Waals surface area contributed by atoms with Crippen LogP contribution in [0, 0.1) is 0 Å². The summed E-state index contributed by atoms with van der Waals surface area (Å²) >= 11 is 0. The molecular weight excluding hydrogens is 412 g/mol. The SMILES string of the molecule is COc1ccc(OCCC(=O)/N=C(\CN2CCC2)[C@H](O)c2ccc3c(c2)OCCO3)cc1. The van der Waals surface area contributed by atoms with Crippen molar-refractivity contribution in [1.29, 1.82) is 0 Å². The van der Waals surface area contributed by atoms with Crippen molar-refractivity contribution in [3.8, 4) is 23.0 Å². The van der Waals surface area contributed by atoms with Gasteiger partial charge in [-0.15, -0.1) is 0 Å². The van der Waals surface area contributed by atoms with Crippen molar-refractivity contribution >= 4 is 11.6 Å². The van der Waals surface area contributed by atoms with Crippen molar-refractivity contribution in [2.75, 3.05) is 46.6 Å². The van der Waals surface area contributed by atoms with Crippen molar-refractivity contribution in [2.24, 2.45) is 4.99 Å². The molecule has 0 bridgehead atoms. The smallest absolute Gasteiger partial charge is 0.249 e. The molecule has 8 heteroatoms. The number of nitrogens with zero attached hydrogens (tertiary/aromatic N) is 2. The molecular formula is C24H28N2O6. The maximum Gasteiger partial charge on any atom is 0.249 e. The standard InChI is InChI=1S/C24H28N2O6/c1-29-18-4-6-19(7-5-18)30-12-9-23(27)25-20(16-26-10-2-11-26)24(28)17-3-8-21-22(15-17)32-14-13-31-21/h3-8,15,24,28H,2,9-14,16H2,1H3/b25-20+/t24-/m1/s1. The highest BCUT2D eigenvalue weighted by Gasteiger charge is 2.24. The fourth-order valence-corrected chi connectivity index (χ4v) is 3.52. The molecule has 1 fully saturated rings. The minimum absolute atomic E-state index is 0.114. The van der Waals surface area contributed by atoms with E-state index >= 15 is 0 Å². The predicted octanol–water partition coefficient (Wildman–Crippen LogP) is 2.64. The third kappa shape index (κ3) is 5.57. The molecule has 1 atom stereocenters. The van der Waals surface area contributed by atoms with Crippen molar-refractivity contribution in [3.05, 3.63) is 48.0 Å². The van der Waals surface area contributed by atoms with Crippen LogP contribution < -0.4 is 18.9 Å². The van der Waals surface area contributed by atoms with Crippen LogP contribution in [-0.4, -0.2) is 68.2 Å². The van der Waals surface area contributed by atoms with Crippen molar-refractivity contribution in [3.63, 3.8) is 0 Å². The van der Waals surface area contributed by atoms with E-state index in [1.165, 1.54) is 0 Å². The summed E-state index contributed by atoms with van der Waals surface area (Å²) < 4.78 is 21.9. The van der Waals surface area contributed by atoms with E-state index in [0.717, 1.165) is 25.3 Å². The first kappa shape index (κ1) is 22.1. The number of ether oxygens (including phenoxy) is 4. The van der Waals surface area contributed by atoms with Gasteiger partial charge >= 0.3 is 0 Å². The van der Waals surface area contributed by atoms with E-state index in [4.69, 9.17) is 18.9 Å². The Morgan fingerprint density at radius 2 is 1.81 bits per heavy atom. The highest BCUT2D eigenvalue weighted by molar-refractivity contribution is 6.00. The number of benzene rings is 2. The molecule has 0 saturated carbocycles. The number of aliphatic hydroxyl groups excluding tert-OH is 1. The summed E-state index contributed by atoms with van der Waals surface area (Å²) in [6.45, 7) is 3.48. The van der Waals surface area contributed by atoms with Crippen LogP contribution >= 0.6 is 0 Å². The lowest BCUT2D eigenvalue weighted by Crippen LogP contribution is -2.42. The number of hydrogen-bond donors (Lipinski definition) is 1. The number of aliphatic imine (C=N–C) groups is 1. The van der Waals surface area contributed by atoms with Gasteiger partial charge in [0.15, 0.2) is 11.5 Å². The molecule has 0 radical (unpaired) electrons. The van der Waals surface area contributed by atoms with Gasteiger partial charge in [0.05, 0.1) is 25.8 Å². The number of rotatable bonds is 9. The maximum absolute atomic E-state index is 12.5. The number of carbonyl (C=O) groups is 1. The Morgan fingerprint density at radius 1 is 1.09 bits per heavy atom. The normalized spacial score (nSPS) is 16.8. The second-order valence-electron chi connectivity index (χ2n) is 7.71. The second kappa shape index (κ2) is 10.5. The number of methoxy groups -OCH3 is 1. The fourth-order valence-electron chi connectivity index (χ4n) is 3.52. The maximum atomic E-state index is 12.5. The molecule has 1 saturated heterocycles. The van der Waals surface area contributed by atoms with Gasteiger partial charge in [0.1, 0.15) is 30.8 Å². The molecule has 0 unspecified atom stereocenters. The Hall–Kier alpha value is -3.10. The molecule has 2 aliphatic heterocycles. The Kier molecular flexibility index (Phi) is 7.24. The number of likely N-dealkylation sites (tertiary alicyclic amines) is 1. The summed E-state index contributed by atoms with van der Waals surface area (Å²) in [5, 5.41) is 11.0. The molecule has 2 aromatic rings. The highest BCUT2D eigenvalue weighted by Crippen LogP contribution is 2.33. The second-order valence-corrected chi connectivity index (χ2v) is 7.71. The number of carbonyl (C=O) groups excluding carboxylic acids is 1. The Morgan fingerprint density at radius 3 is 2.50 bits per heavy atom. The Bertz CT molecular complexity index is 955. The summed E-state index contributed by atoms with van der Waals surface area (Å²) in [6.07, 6.45) is 0.221. The molecule has 4 rings (SSSR count). The van der Waals surface area contributed by atoms with Gasteiger partial charge in [0.25, 0.3) is 0 Å². The molecule has 1 N–H and O–H groups in total. The largest absolute Gasteiger partial charge is 0.497 e. The quantitative estimate of drug-likeness (QED) is 0.600. The third-order valence-electron chi connectivity index (χ3n) is 5.44. The fraction of sp³-hybridized carbons (Fsp3) is 0.417. The number of amides is 1. The van der Waals surface area contributed by atoms with Gasteiger partial charge < -0.3 is 24.1 Å². The lowest BCUT2D eigenvalue weighted by Gasteiger charge is -2.32. The predicted molar refractivity (Wildman–Crippen MR) is 119 cm³/mol. The van der Waals surface area contributed by atoms with Gasteiger partial charge in [-0.3, -0.25) is 9.69 Å². The molecule has 170 valence electrons. The summed E-state index contributed by atoms with van der Waals surface area (Å²) in [5.74, 6) is 2.31. The molecule has 32 heavy (non-hydrogen) atoms. The van der Waals surface area contributed by atoms with E-state index in [0.29, 0.717) is 48.3 Å². The summed E-state index contributed by atoms with van der Waals surface area (Å²) in [5.41, 5.74) is 1.05. The van der Waals surface area contributed by atoms with Crippen LogP contribution in [0.15, 0.2) is 47.5 Å². The molecule has 0 aromatic heterocycles. The van der Waals surface area contributed by atoms with E-state index in [9.17, 15) is 9.90 Å². The van der Waals surface area contributed by atoms with Gasteiger partial charge in [-0.1, -0.05) is 6.07 Å². The van der Waals surface area contributed by atoms with Gasteiger partial charge in [0, 0.05) is 6.54 Å². The molecule has 2 aromatic carbocycles. The zero-order valence-electron chi connectivity index (χ0n) is 18.2. The third-order valence-corrected chi connectivity index (χ3v) is 5.44. The summed E-state index contributed by atoms with van der Waals surface area (Å²) in [6, 6.07) is 12.5. The highest BCUT2D eigenvalue weighted by atomic mass is 16.6. The van der Waals surface area contributed by atoms with Crippen LogP contribution in [-0.2, 0) is 4.79 Å². The lowest BCUT2D eigenvalue weighted by atomic mass is 10.0. The molecule has 2 heterocycles. The zero-order chi connectivity index (χ0) is 22.3. The summed E-state index contributed by atoms with van der Waals surface area (Å²) in [7, 11) is 1.60. The van der Waals surface area contributed by atoms with E-state index < -0.39 is 6.10 Å². The van der Waals surface area contributed by atoms with Gasteiger partial charge in [-0.25, -0.2) is 4.99 Å². The van der Waals surface area contributed by atoms with Crippen LogP contribution in [0.2, 0.25) is 0 Å². The first-order valence-electron chi connectivity index (χ1n) is 10.8. The van der Waals surface area contributed by atoms with E-state index in [1.807, 2.05) is 0 Å². The van der Waals surface area contributed by atoms with E-state index in [1.54, 1.807) is 49.6 Å². The first-order valence-corrected chi connectivity index (χ1v) is 10.8. The average Bonchev–Trinajstić information content (AvgIpc) is 2.80. The topological polar surface area (TPSA) is 89.8 Å². The monoisotopic (exact) mass is 440 g/mol. The first-order chi connectivity index (χ1) is 15.6. The zero-order valence-corrected chi connectivity index (χ0v) is 18.2. The van der Waals surface area contributed by atoms with Gasteiger partial charge in [-0.2, -0.15) is 0 Å². The van der Waals surface area contributed by atoms with Crippen LogP contribution in [0.3, 0.4) is 0 Å². The Labute approximate surface area is 187 Å². The number of aliphatic hydroxyl groups is 1. The molecule has 8 nitrogen and oxygen atoms in total. The minimum atomic E-state index is -1.00. The molecule has 1 amide bonds. The van der Waals surface area contributed by atoms with Gasteiger partial charge in [-0.05, 0) is 61.5 Å². The van der Waals surface area contributed by atoms with E-state index in [-0.39, 0.29) is 18.9 Å². The number of hydrogen-bond acceptors (Lipinski definition) is 7. The van der Waals surface area contributed by atoms with Crippen molar-refractivity contribution < 1.29 is 28.8 Å².